The molecule has 0 bridgehead atoms. The number of rotatable bonds is 6. The summed E-state index contributed by atoms with van der Waals surface area (Å²) in [5.41, 5.74) is 0.628. The van der Waals surface area contributed by atoms with E-state index in [0.717, 1.165) is 23.9 Å². The molecule has 2 N–H and O–H groups in total. The van der Waals surface area contributed by atoms with Gasteiger partial charge in [-0.05, 0) is 18.2 Å². The normalized spacial score (nSPS) is 11.5. The number of imidazole rings is 1. The second kappa shape index (κ2) is 9.76. The molecule has 0 aliphatic carbocycles. The monoisotopic (exact) mass is 520 g/mol. The van der Waals surface area contributed by atoms with Gasteiger partial charge in [0.1, 0.15) is 11.5 Å². The van der Waals surface area contributed by atoms with E-state index >= 15 is 0 Å². The molecule has 0 unspecified atom stereocenters. The smallest absolute Gasteiger partial charge is 0.346 e. The topological polar surface area (TPSA) is 119 Å². The van der Waals surface area contributed by atoms with Crippen LogP contribution in [0.1, 0.15) is 32.1 Å². The molecule has 0 atom stereocenters. The van der Waals surface area contributed by atoms with Gasteiger partial charge in [-0.15, -0.1) is 0 Å². The van der Waals surface area contributed by atoms with Crippen LogP contribution >= 0.6 is 0 Å². The van der Waals surface area contributed by atoms with Crippen LogP contribution in [-0.4, -0.2) is 40.9 Å². The fraction of sp³-hybridized carbons (Fsp3) is 0.120. The number of fused-ring (bicyclic) bond motifs is 1. The highest BCUT2D eigenvalue weighted by molar-refractivity contribution is 6.10. The van der Waals surface area contributed by atoms with E-state index in [2.05, 4.69) is 30.7 Å². The molecule has 0 saturated heterocycles. The second-order valence-electron chi connectivity index (χ2n) is 8.21. The predicted molar refractivity (Wildman–Crippen MR) is 130 cm³/mol. The van der Waals surface area contributed by atoms with Crippen LogP contribution in [0.25, 0.3) is 17.0 Å². The Hall–Kier alpha value is -5.07. The summed E-state index contributed by atoms with van der Waals surface area (Å²) >= 11 is 0. The summed E-state index contributed by atoms with van der Waals surface area (Å²) in [4.78, 5) is 38.6. The van der Waals surface area contributed by atoms with Gasteiger partial charge < -0.3 is 10.6 Å². The van der Waals surface area contributed by atoms with E-state index in [1.54, 1.807) is 16.7 Å². The number of amides is 2. The maximum atomic E-state index is 13.1. The molecule has 4 heterocycles. The Kier molecular flexibility index (Phi) is 6.33. The molecule has 13 heteroatoms. The molecule has 1 aromatic carbocycles. The summed E-state index contributed by atoms with van der Waals surface area (Å²) in [6.07, 6.45) is 1.18. The number of halogens is 3. The highest BCUT2D eigenvalue weighted by Gasteiger charge is 2.30. The fourth-order valence-corrected chi connectivity index (χ4v) is 3.76. The summed E-state index contributed by atoms with van der Waals surface area (Å²) in [7, 11) is 1.48. The van der Waals surface area contributed by atoms with Crippen molar-refractivity contribution in [1.82, 2.24) is 34.4 Å². The number of aromatic nitrogens is 6. The number of hydrogen-bond acceptors (Lipinski definition) is 6. The van der Waals surface area contributed by atoms with E-state index in [9.17, 15) is 22.8 Å². The minimum Gasteiger partial charge on any atom is -0.346 e. The quantitative estimate of drug-likeness (QED) is 0.352. The zero-order valence-electron chi connectivity index (χ0n) is 19.8. The van der Waals surface area contributed by atoms with Crippen LogP contribution in [0.2, 0.25) is 0 Å². The zero-order chi connectivity index (χ0) is 26.9. The standard InChI is InChI=1S/C25H19F3N8O2/c1-35-21(18(13-31-35)22(37)30-12-17-11-16(7-9-29-17)25(26,27)28)23(38)33-20-8-10-36-14-19(32-24(36)34-20)15-5-3-2-4-6-15/h2-11,13-14H,12H2,1H3,(H,30,37)(H,32,33,34,38). The van der Waals surface area contributed by atoms with Crippen LogP contribution in [-0.2, 0) is 19.8 Å². The van der Waals surface area contributed by atoms with Crippen LogP contribution in [0.15, 0.2) is 73.3 Å². The van der Waals surface area contributed by atoms with Crippen molar-refractivity contribution in [2.45, 2.75) is 12.7 Å². The third kappa shape index (κ3) is 5.07. The maximum absolute atomic E-state index is 13.1. The van der Waals surface area contributed by atoms with Crippen molar-refractivity contribution in [1.29, 1.82) is 0 Å². The number of benzene rings is 1. The summed E-state index contributed by atoms with van der Waals surface area (Å²) in [6.45, 7) is -0.277. The Morgan fingerprint density at radius 3 is 2.58 bits per heavy atom. The van der Waals surface area contributed by atoms with E-state index in [1.807, 2.05) is 36.5 Å². The van der Waals surface area contributed by atoms with Crippen LogP contribution in [0.4, 0.5) is 19.0 Å². The molecular formula is C25H19F3N8O2. The first kappa shape index (κ1) is 24.6. The van der Waals surface area contributed by atoms with Crippen molar-refractivity contribution >= 4 is 23.4 Å². The SMILES string of the molecule is Cn1ncc(C(=O)NCc2cc(C(F)(F)F)ccn2)c1C(=O)Nc1ccn2cc(-c3ccccc3)nc2n1. The second-order valence-corrected chi connectivity index (χ2v) is 8.21. The molecule has 0 aliphatic heterocycles. The van der Waals surface area contributed by atoms with Gasteiger partial charge in [-0.1, -0.05) is 30.3 Å². The molecule has 0 radical (unpaired) electrons. The Morgan fingerprint density at radius 1 is 1.03 bits per heavy atom. The van der Waals surface area contributed by atoms with Gasteiger partial charge in [0.25, 0.3) is 11.8 Å². The Balaban J connectivity index is 1.31. The van der Waals surface area contributed by atoms with Crippen LogP contribution in [0, 0.1) is 0 Å². The van der Waals surface area contributed by atoms with Crippen LogP contribution < -0.4 is 10.6 Å². The number of carbonyl (C=O) groups excluding carboxylic acids is 2. The molecule has 0 aliphatic rings. The number of pyridine rings is 1. The van der Waals surface area contributed by atoms with Gasteiger partial charge >= 0.3 is 6.18 Å². The first-order valence-electron chi connectivity index (χ1n) is 11.2. The zero-order valence-corrected chi connectivity index (χ0v) is 19.8. The minimum atomic E-state index is -4.53. The lowest BCUT2D eigenvalue weighted by atomic mass is 10.2. The number of nitrogens with zero attached hydrogens (tertiary/aromatic N) is 6. The highest BCUT2D eigenvalue weighted by Crippen LogP contribution is 2.29. The van der Waals surface area contributed by atoms with Crippen LogP contribution in [0.5, 0.6) is 0 Å². The van der Waals surface area contributed by atoms with E-state index in [0.29, 0.717) is 11.5 Å². The Bertz CT molecular complexity index is 1640. The molecular weight excluding hydrogens is 501 g/mol. The van der Waals surface area contributed by atoms with E-state index in [1.165, 1.54) is 17.9 Å². The third-order valence-electron chi connectivity index (χ3n) is 5.61. The lowest BCUT2D eigenvalue weighted by molar-refractivity contribution is -0.137. The van der Waals surface area contributed by atoms with Crippen molar-refractivity contribution in [2.24, 2.45) is 7.05 Å². The molecule has 0 saturated carbocycles. The molecule has 0 spiro atoms. The maximum Gasteiger partial charge on any atom is 0.416 e. The van der Waals surface area contributed by atoms with Gasteiger partial charge in [-0.25, -0.2) is 4.98 Å². The molecule has 2 amide bonds. The molecule has 4 aromatic heterocycles. The number of aryl methyl sites for hydroxylation is 1. The lowest BCUT2D eigenvalue weighted by Crippen LogP contribution is -2.27. The molecule has 5 rings (SSSR count). The van der Waals surface area contributed by atoms with E-state index in [-0.39, 0.29) is 29.3 Å². The van der Waals surface area contributed by atoms with Gasteiger partial charge in [0.15, 0.2) is 0 Å². The van der Waals surface area contributed by atoms with Gasteiger partial charge in [-0.2, -0.15) is 23.3 Å². The Labute approximate surface area is 213 Å². The Morgan fingerprint density at radius 2 is 1.82 bits per heavy atom. The highest BCUT2D eigenvalue weighted by atomic mass is 19.4. The van der Waals surface area contributed by atoms with Gasteiger partial charge in [0.2, 0.25) is 5.78 Å². The number of anilines is 1. The first-order chi connectivity index (χ1) is 18.2. The molecule has 5 aromatic rings. The summed E-state index contributed by atoms with van der Waals surface area (Å²) in [5.74, 6) is -0.794. The molecule has 192 valence electrons. The average Bonchev–Trinajstić information content (AvgIpc) is 3.51. The van der Waals surface area contributed by atoms with Crippen molar-refractivity contribution in [2.75, 3.05) is 5.32 Å². The summed E-state index contributed by atoms with van der Waals surface area (Å²) in [5, 5.41) is 9.10. The van der Waals surface area contributed by atoms with Gasteiger partial charge in [0, 0.05) is 31.2 Å². The molecule has 10 nitrogen and oxygen atoms in total. The average molecular weight is 520 g/mol. The van der Waals surface area contributed by atoms with Crippen molar-refractivity contribution < 1.29 is 22.8 Å². The third-order valence-corrected chi connectivity index (χ3v) is 5.61. The summed E-state index contributed by atoms with van der Waals surface area (Å²) in [6, 6.07) is 12.8. The van der Waals surface area contributed by atoms with E-state index < -0.39 is 23.6 Å². The minimum absolute atomic E-state index is 0.00939. The van der Waals surface area contributed by atoms with E-state index in [4.69, 9.17) is 0 Å². The van der Waals surface area contributed by atoms with Crippen molar-refractivity contribution in [3.63, 3.8) is 0 Å². The van der Waals surface area contributed by atoms with Crippen molar-refractivity contribution in [3.05, 3.63) is 95.8 Å². The largest absolute Gasteiger partial charge is 0.416 e. The number of hydrogen-bond donors (Lipinski definition) is 2. The number of alkyl halides is 3. The number of carbonyl (C=O) groups is 2. The predicted octanol–water partition coefficient (Wildman–Crippen LogP) is 3.73. The number of nitrogens with one attached hydrogen (secondary N) is 2. The van der Waals surface area contributed by atoms with Gasteiger partial charge in [0.05, 0.1) is 35.3 Å². The fourth-order valence-electron chi connectivity index (χ4n) is 3.76. The summed E-state index contributed by atoms with van der Waals surface area (Å²) < 4.78 is 41.7. The lowest BCUT2D eigenvalue weighted by Gasteiger charge is -2.10. The van der Waals surface area contributed by atoms with Crippen molar-refractivity contribution in [3.8, 4) is 11.3 Å². The van der Waals surface area contributed by atoms with Crippen LogP contribution in [0.3, 0.4) is 0 Å². The first-order valence-corrected chi connectivity index (χ1v) is 11.2. The van der Waals surface area contributed by atoms with Gasteiger partial charge in [-0.3, -0.25) is 23.7 Å². The molecule has 0 fully saturated rings. The molecule has 38 heavy (non-hydrogen) atoms.